The van der Waals surface area contributed by atoms with Crippen molar-refractivity contribution in [3.63, 3.8) is 0 Å². The van der Waals surface area contributed by atoms with E-state index in [4.69, 9.17) is 0 Å². The zero-order valence-electron chi connectivity index (χ0n) is 9.81. The smallest absolute Gasteiger partial charge is 0.0664 e. The first kappa shape index (κ1) is 12.7. The van der Waals surface area contributed by atoms with Gasteiger partial charge in [-0.2, -0.15) is 11.3 Å². The molecule has 0 aromatic carbocycles. The molecule has 15 heavy (non-hydrogen) atoms. The third-order valence-corrected chi connectivity index (χ3v) is 3.57. The third kappa shape index (κ3) is 4.33. The average molecular weight is 227 g/mol. The monoisotopic (exact) mass is 227 g/mol. The number of hydrogen-bond acceptors (Lipinski definition) is 3. The fourth-order valence-electron chi connectivity index (χ4n) is 1.55. The Labute approximate surface area is 96.5 Å². The zero-order chi connectivity index (χ0) is 11.3. The molecule has 0 saturated carbocycles. The Morgan fingerprint density at radius 3 is 2.80 bits per heavy atom. The second-order valence-electron chi connectivity index (χ2n) is 4.19. The number of nitrogens with zero attached hydrogens (tertiary/aromatic N) is 1. The Balaban J connectivity index is 2.36. The highest BCUT2D eigenvalue weighted by Gasteiger charge is 2.13. The molecule has 1 rings (SSSR count). The summed E-state index contributed by atoms with van der Waals surface area (Å²) in [6.07, 6.45) is 1.70. The van der Waals surface area contributed by atoms with Gasteiger partial charge in [-0.1, -0.05) is 6.92 Å². The van der Waals surface area contributed by atoms with Crippen molar-refractivity contribution < 1.29 is 5.11 Å². The van der Waals surface area contributed by atoms with Crippen molar-refractivity contribution in [1.29, 1.82) is 0 Å². The second kappa shape index (κ2) is 6.26. The summed E-state index contributed by atoms with van der Waals surface area (Å²) >= 11 is 1.74. The summed E-state index contributed by atoms with van der Waals surface area (Å²) in [6, 6.07) is 2.66. The standard InChI is InChI=1S/C12H21NOS/c1-4-12(14)8-13(3)10(2)7-11-5-6-15-9-11/h5-6,9-10,12,14H,4,7-8H2,1-3H3/t10-,12+/m0/s1. The van der Waals surface area contributed by atoms with Crippen molar-refractivity contribution in [2.24, 2.45) is 0 Å². The summed E-state index contributed by atoms with van der Waals surface area (Å²) in [4.78, 5) is 2.23. The van der Waals surface area contributed by atoms with Gasteiger partial charge >= 0.3 is 0 Å². The third-order valence-electron chi connectivity index (χ3n) is 2.83. The van der Waals surface area contributed by atoms with Gasteiger partial charge in [-0.05, 0) is 49.2 Å². The number of hydrogen-bond donors (Lipinski definition) is 1. The van der Waals surface area contributed by atoms with E-state index < -0.39 is 0 Å². The molecule has 1 aromatic heterocycles. The highest BCUT2D eigenvalue weighted by Crippen LogP contribution is 2.11. The molecule has 0 aliphatic rings. The summed E-state index contributed by atoms with van der Waals surface area (Å²) in [7, 11) is 2.08. The van der Waals surface area contributed by atoms with Crippen LogP contribution in [0.1, 0.15) is 25.8 Å². The molecule has 0 spiro atoms. The molecule has 2 atom stereocenters. The van der Waals surface area contributed by atoms with E-state index >= 15 is 0 Å². The van der Waals surface area contributed by atoms with Crippen molar-refractivity contribution in [1.82, 2.24) is 4.90 Å². The SMILES string of the molecule is CC[C@@H](O)CN(C)[C@@H](C)Cc1ccsc1. The van der Waals surface area contributed by atoms with Crippen LogP contribution in [0.3, 0.4) is 0 Å². The summed E-state index contributed by atoms with van der Waals surface area (Å²) in [5.41, 5.74) is 1.39. The Morgan fingerprint density at radius 2 is 2.27 bits per heavy atom. The molecular weight excluding hydrogens is 206 g/mol. The van der Waals surface area contributed by atoms with Crippen LogP contribution in [0, 0.1) is 0 Å². The molecule has 0 saturated heterocycles. The fraction of sp³-hybridized carbons (Fsp3) is 0.667. The van der Waals surface area contributed by atoms with Gasteiger partial charge < -0.3 is 10.0 Å². The van der Waals surface area contributed by atoms with Gasteiger partial charge in [0.15, 0.2) is 0 Å². The van der Waals surface area contributed by atoms with Gasteiger partial charge in [0.2, 0.25) is 0 Å². The molecule has 0 radical (unpaired) electrons. The normalized spacial score (nSPS) is 15.5. The molecule has 86 valence electrons. The van der Waals surface area contributed by atoms with Gasteiger partial charge in [0.25, 0.3) is 0 Å². The van der Waals surface area contributed by atoms with Gasteiger partial charge in [0.05, 0.1) is 6.10 Å². The molecule has 0 bridgehead atoms. The second-order valence-corrected chi connectivity index (χ2v) is 4.97. The lowest BCUT2D eigenvalue weighted by atomic mass is 10.1. The number of aliphatic hydroxyl groups is 1. The molecule has 0 unspecified atom stereocenters. The summed E-state index contributed by atoms with van der Waals surface area (Å²) in [6.45, 7) is 4.99. The number of aliphatic hydroxyl groups excluding tert-OH is 1. The first-order valence-corrected chi connectivity index (χ1v) is 6.47. The van der Waals surface area contributed by atoms with E-state index in [1.165, 1.54) is 5.56 Å². The number of rotatable bonds is 6. The fourth-order valence-corrected chi connectivity index (χ4v) is 2.23. The predicted octanol–water partition coefficient (Wildman–Crippen LogP) is 2.38. The minimum absolute atomic E-state index is 0.195. The highest BCUT2D eigenvalue weighted by atomic mass is 32.1. The summed E-state index contributed by atoms with van der Waals surface area (Å²) in [5.74, 6) is 0. The van der Waals surface area contributed by atoms with Gasteiger partial charge in [-0.25, -0.2) is 0 Å². The van der Waals surface area contributed by atoms with Crippen molar-refractivity contribution >= 4 is 11.3 Å². The predicted molar refractivity (Wildman–Crippen MR) is 66.4 cm³/mol. The Hall–Kier alpha value is -0.380. The average Bonchev–Trinajstić information content (AvgIpc) is 2.70. The maximum absolute atomic E-state index is 9.56. The first-order valence-electron chi connectivity index (χ1n) is 5.52. The minimum atomic E-state index is -0.195. The van der Waals surface area contributed by atoms with Crippen LogP contribution in [-0.2, 0) is 6.42 Å². The Bertz CT molecular complexity index is 261. The van der Waals surface area contributed by atoms with Crippen LogP contribution < -0.4 is 0 Å². The molecule has 0 fully saturated rings. The maximum Gasteiger partial charge on any atom is 0.0664 e. The van der Waals surface area contributed by atoms with E-state index in [1.54, 1.807) is 11.3 Å². The molecule has 1 N–H and O–H groups in total. The highest BCUT2D eigenvalue weighted by molar-refractivity contribution is 7.07. The van der Waals surface area contributed by atoms with Gasteiger partial charge in [0, 0.05) is 12.6 Å². The van der Waals surface area contributed by atoms with E-state index in [0.717, 1.165) is 19.4 Å². The lowest BCUT2D eigenvalue weighted by Gasteiger charge is -2.26. The zero-order valence-corrected chi connectivity index (χ0v) is 10.6. The molecule has 0 aliphatic heterocycles. The molecule has 3 heteroatoms. The molecule has 0 aliphatic carbocycles. The van der Waals surface area contributed by atoms with Gasteiger partial charge in [0.1, 0.15) is 0 Å². The van der Waals surface area contributed by atoms with Gasteiger partial charge in [-0.15, -0.1) is 0 Å². The van der Waals surface area contributed by atoms with E-state index in [1.807, 2.05) is 6.92 Å². The quantitative estimate of drug-likeness (QED) is 0.806. The Morgan fingerprint density at radius 1 is 1.53 bits per heavy atom. The van der Waals surface area contributed by atoms with E-state index in [0.29, 0.717) is 6.04 Å². The van der Waals surface area contributed by atoms with Crippen LogP contribution in [0.15, 0.2) is 16.8 Å². The Kier molecular flexibility index (Phi) is 5.29. The van der Waals surface area contributed by atoms with E-state index in [-0.39, 0.29) is 6.10 Å². The van der Waals surface area contributed by atoms with Crippen LogP contribution in [0.2, 0.25) is 0 Å². The van der Waals surface area contributed by atoms with Crippen molar-refractivity contribution in [3.8, 4) is 0 Å². The van der Waals surface area contributed by atoms with Crippen molar-refractivity contribution in [3.05, 3.63) is 22.4 Å². The van der Waals surface area contributed by atoms with Gasteiger partial charge in [-0.3, -0.25) is 0 Å². The molecule has 1 aromatic rings. The minimum Gasteiger partial charge on any atom is -0.392 e. The summed E-state index contributed by atoms with van der Waals surface area (Å²) in [5, 5.41) is 13.9. The van der Waals surface area contributed by atoms with E-state index in [9.17, 15) is 5.11 Å². The summed E-state index contributed by atoms with van der Waals surface area (Å²) < 4.78 is 0. The lowest BCUT2D eigenvalue weighted by molar-refractivity contribution is 0.105. The number of thiophene rings is 1. The van der Waals surface area contributed by atoms with Crippen LogP contribution >= 0.6 is 11.3 Å². The lowest BCUT2D eigenvalue weighted by Crippen LogP contribution is -2.36. The van der Waals surface area contributed by atoms with Crippen molar-refractivity contribution in [2.75, 3.05) is 13.6 Å². The first-order chi connectivity index (χ1) is 7.13. The van der Waals surface area contributed by atoms with Crippen LogP contribution in [0.4, 0.5) is 0 Å². The van der Waals surface area contributed by atoms with Crippen LogP contribution in [0.25, 0.3) is 0 Å². The van der Waals surface area contributed by atoms with Crippen LogP contribution in [-0.4, -0.2) is 35.7 Å². The van der Waals surface area contributed by atoms with Crippen molar-refractivity contribution in [2.45, 2.75) is 38.8 Å². The molecular formula is C12H21NOS. The number of likely N-dealkylation sites (N-methyl/N-ethyl adjacent to an activating group) is 1. The topological polar surface area (TPSA) is 23.5 Å². The van der Waals surface area contributed by atoms with Crippen LogP contribution in [0.5, 0.6) is 0 Å². The largest absolute Gasteiger partial charge is 0.392 e. The molecule has 2 nitrogen and oxygen atoms in total. The van der Waals surface area contributed by atoms with E-state index in [2.05, 4.69) is 35.7 Å². The molecule has 1 heterocycles. The molecule has 0 amide bonds. The maximum atomic E-state index is 9.56.